The van der Waals surface area contributed by atoms with Crippen molar-refractivity contribution in [3.8, 4) is 0 Å². The highest BCUT2D eigenvalue weighted by Crippen LogP contribution is 2.32. The van der Waals surface area contributed by atoms with Crippen LogP contribution in [0.1, 0.15) is 60.2 Å². The van der Waals surface area contributed by atoms with E-state index in [4.69, 9.17) is 0 Å². The summed E-state index contributed by atoms with van der Waals surface area (Å²) in [7, 11) is 1.81. The van der Waals surface area contributed by atoms with Gasteiger partial charge in [-0.2, -0.15) is 5.10 Å². The summed E-state index contributed by atoms with van der Waals surface area (Å²) in [5, 5.41) is 11.1. The summed E-state index contributed by atoms with van der Waals surface area (Å²) in [5.41, 5.74) is 2.43. The van der Waals surface area contributed by atoms with E-state index >= 15 is 0 Å². The lowest BCUT2D eigenvalue weighted by atomic mass is 9.91. The number of nitrogens with one attached hydrogen (secondary N) is 2. The molecule has 1 spiro atoms. The maximum Gasteiger partial charge on any atom is 0.272 e. The first kappa shape index (κ1) is 18.5. The number of anilines is 1. The molecule has 1 fully saturated rings. The number of carbonyl (C=O) groups is 2. The van der Waals surface area contributed by atoms with E-state index in [1.54, 1.807) is 4.68 Å². The van der Waals surface area contributed by atoms with Crippen molar-refractivity contribution in [1.82, 2.24) is 20.0 Å². The van der Waals surface area contributed by atoms with Crippen LogP contribution in [0.15, 0.2) is 30.3 Å². The lowest BCUT2D eigenvalue weighted by Crippen LogP contribution is -2.62. The van der Waals surface area contributed by atoms with Crippen molar-refractivity contribution >= 4 is 17.5 Å². The van der Waals surface area contributed by atoms with Crippen LogP contribution in [0, 0.1) is 0 Å². The van der Waals surface area contributed by atoms with E-state index < -0.39 is 5.66 Å². The van der Waals surface area contributed by atoms with Gasteiger partial charge in [-0.3, -0.25) is 14.3 Å². The van der Waals surface area contributed by atoms with Gasteiger partial charge in [0.2, 0.25) is 0 Å². The first-order chi connectivity index (χ1) is 13.2. The Hall–Kier alpha value is -2.83. The minimum atomic E-state index is -0.495. The number of carbonyl (C=O) groups excluding carboxylic acids is 2. The molecule has 2 amide bonds. The number of nitrogens with zero attached hydrogens (tertiary/aromatic N) is 3. The SMILES string of the molecule is Cn1nc(C(C)(C)C)cc1C(=O)N1CCC2(CC1)NC(=O)c1ccccc1N2. The van der Waals surface area contributed by atoms with E-state index in [1.165, 1.54) is 0 Å². The molecule has 2 aromatic rings. The number of benzene rings is 1. The fraction of sp³-hybridized carbons (Fsp3) is 0.476. The molecule has 1 saturated heterocycles. The van der Waals surface area contributed by atoms with Crippen LogP contribution in [0.25, 0.3) is 0 Å². The summed E-state index contributed by atoms with van der Waals surface area (Å²) >= 11 is 0. The van der Waals surface area contributed by atoms with Gasteiger partial charge in [-0.25, -0.2) is 0 Å². The zero-order chi connectivity index (χ0) is 20.1. The number of para-hydroxylation sites is 1. The Morgan fingerprint density at radius 2 is 1.82 bits per heavy atom. The van der Waals surface area contributed by atoms with E-state index in [0.717, 1.165) is 11.4 Å². The van der Waals surface area contributed by atoms with Crippen LogP contribution < -0.4 is 10.6 Å². The molecule has 2 aliphatic rings. The van der Waals surface area contributed by atoms with Gasteiger partial charge in [0.05, 0.1) is 11.3 Å². The molecular weight excluding hydrogens is 354 g/mol. The Labute approximate surface area is 165 Å². The number of amides is 2. The van der Waals surface area contributed by atoms with Gasteiger partial charge in [0, 0.05) is 44.1 Å². The first-order valence-electron chi connectivity index (χ1n) is 9.72. The zero-order valence-corrected chi connectivity index (χ0v) is 16.9. The minimum absolute atomic E-state index is 0.0112. The average Bonchev–Trinajstić information content (AvgIpc) is 3.04. The molecule has 0 unspecified atom stereocenters. The molecule has 0 radical (unpaired) electrons. The lowest BCUT2D eigenvalue weighted by molar-refractivity contribution is 0.0630. The molecule has 0 atom stereocenters. The molecule has 4 rings (SSSR count). The van der Waals surface area contributed by atoms with Crippen molar-refractivity contribution in [2.24, 2.45) is 7.05 Å². The van der Waals surface area contributed by atoms with Crippen molar-refractivity contribution < 1.29 is 9.59 Å². The molecule has 1 aromatic carbocycles. The Morgan fingerprint density at radius 3 is 2.46 bits per heavy atom. The monoisotopic (exact) mass is 381 g/mol. The number of aromatic nitrogens is 2. The highest BCUT2D eigenvalue weighted by molar-refractivity contribution is 6.02. The maximum atomic E-state index is 13.1. The molecule has 0 saturated carbocycles. The molecular formula is C21H27N5O2. The van der Waals surface area contributed by atoms with Crippen LogP contribution >= 0.6 is 0 Å². The minimum Gasteiger partial charge on any atom is -0.362 e. The zero-order valence-electron chi connectivity index (χ0n) is 16.9. The van der Waals surface area contributed by atoms with E-state index in [9.17, 15) is 9.59 Å². The van der Waals surface area contributed by atoms with Gasteiger partial charge in [0.15, 0.2) is 0 Å². The highest BCUT2D eigenvalue weighted by atomic mass is 16.2. The van der Waals surface area contributed by atoms with Gasteiger partial charge >= 0.3 is 0 Å². The number of rotatable bonds is 1. The second-order valence-electron chi connectivity index (χ2n) is 8.79. The number of fused-ring (bicyclic) bond motifs is 1. The third kappa shape index (κ3) is 3.15. The van der Waals surface area contributed by atoms with E-state index in [1.807, 2.05) is 42.3 Å². The van der Waals surface area contributed by atoms with Crippen molar-refractivity contribution in [2.45, 2.75) is 44.7 Å². The van der Waals surface area contributed by atoms with Crippen LogP contribution in [-0.2, 0) is 12.5 Å². The number of likely N-dealkylation sites (tertiary alicyclic amines) is 1. The molecule has 28 heavy (non-hydrogen) atoms. The average molecular weight is 381 g/mol. The fourth-order valence-electron chi connectivity index (χ4n) is 3.90. The van der Waals surface area contributed by atoms with Gasteiger partial charge < -0.3 is 15.5 Å². The number of piperidine rings is 1. The van der Waals surface area contributed by atoms with E-state index in [2.05, 4.69) is 36.5 Å². The Morgan fingerprint density at radius 1 is 1.14 bits per heavy atom. The number of hydrogen-bond acceptors (Lipinski definition) is 4. The second kappa shape index (κ2) is 6.36. The van der Waals surface area contributed by atoms with Crippen LogP contribution in [0.2, 0.25) is 0 Å². The Kier molecular flexibility index (Phi) is 4.21. The molecule has 148 valence electrons. The van der Waals surface area contributed by atoms with Crippen LogP contribution in [0.3, 0.4) is 0 Å². The van der Waals surface area contributed by atoms with Crippen LogP contribution in [0.5, 0.6) is 0 Å². The number of aryl methyl sites for hydroxylation is 1. The summed E-state index contributed by atoms with van der Waals surface area (Å²) in [6.45, 7) is 7.41. The summed E-state index contributed by atoms with van der Waals surface area (Å²) in [6, 6.07) is 9.42. The summed E-state index contributed by atoms with van der Waals surface area (Å²) in [6.07, 6.45) is 1.31. The predicted molar refractivity (Wildman–Crippen MR) is 107 cm³/mol. The van der Waals surface area contributed by atoms with Crippen molar-refractivity contribution in [3.05, 3.63) is 47.3 Å². The largest absolute Gasteiger partial charge is 0.362 e. The van der Waals surface area contributed by atoms with Gasteiger partial charge in [0.1, 0.15) is 11.4 Å². The highest BCUT2D eigenvalue weighted by Gasteiger charge is 2.41. The molecule has 3 heterocycles. The molecule has 2 aliphatic heterocycles. The van der Waals surface area contributed by atoms with Crippen molar-refractivity contribution in [1.29, 1.82) is 0 Å². The van der Waals surface area contributed by atoms with Crippen molar-refractivity contribution in [3.63, 3.8) is 0 Å². The third-order valence-electron chi connectivity index (χ3n) is 5.67. The third-order valence-corrected chi connectivity index (χ3v) is 5.67. The smallest absolute Gasteiger partial charge is 0.272 e. The molecule has 1 aromatic heterocycles. The Balaban J connectivity index is 1.49. The second-order valence-corrected chi connectivity index (χ2v) is 8.79. The molecule has 0 bridgehead atoms. The van der Waals surface area contributed by atoms with Crippen LogP contribution in [-0.4, -0.2) is 45.2 Å². The molecule has 7 nitrogen and oxygen atoms in total. The lowest BCUT2D eigenvalue weighted by Gasteiger charge is -2.45. The van der Waals surface area contributed by atoms with Crippen LogP contribution in [0.4, 0.5) is 5.69 Å². The predicted octanol–water partition coefficient (Wildman–Crippen LogP) is 2.51. The molecule has 2 N–H and O–H groups in total. The van der Waals surface area contributed by atoms with Gasteiger partial charge in [-0.15, -0.1) is 0 Å². The summed E-state index contributed by atoms with van der Waals surface area (Å²) < 4.78 is 1.67. The molecule has 0 aliphatic carbocycles. The van der Waals surface area contributed by atoms with Gasteiger partial charge in [0.25, 0.3) is 11.8 Å². The maximum absolute atomic E-state index is 13.1. The van der Waals surface area contributed by atoms with E-state index in [-0.39, 0.29) is 17.2 Å². The fourth-order valence-corrected chi connectivity index (χ4v) is 3.90. The topological polar surface area (TPSA) is 79.3 Å². The first-order valence-corrected chi connectivity index (χ1v) is 9.72. The summed E-state index contributed by atoms with van der Waals surface area (Å²) in [5.74, 6) is -0.0709. The summed E-state index contributed by atoms with van der Waals surface area (Å²) in [4.78, 5) is 27.4. The number of hydrogen-bond donors (Lipinski definition) is 2. The quantitative estimate of drug-likeness (QED) is 0.796. The Bertz CT molecular complexity index is 933. The van der Waals surface area contributed by atoms with Gasteiger partial charge in [-0.1, -0.05) is 32.9 Å². The standard InChI is InChI=1S/C21H27N5O2/c1-20(2,3)17-13-16(25(4)24-17)19(28)26-11-9-21(10-12-26)22-15-8-6-5-7-14(15)18(27)23-21/h5-8,13,22H,9-12H2,1-4H3,(H,23,27). The van der Waals surface area contributed by atoms with E-state index in [0.29, 0.717) is 37.2 Å². The van der Waals surface area contributed by atoms with Gasteiger partial charge in [-0.05, 0) is 18.2 Å². The normalized spacial score (nSPS) is 18.4. The van der Waals surface area contributed by atoms with Crippen molar-refractivity contribution in [2.75, 3.05) is 18.4 Å². The molecule has 7 heteroatoms.